The third-order valence-corrected chi connectivity index (χ3v) is 3.12. The van der Waals surface area contributed by atoms with Crippen LogP contribution in [-0.4, -0.2) is 50.3 Å². The van der Waals surface area contributed by atoms with Crippen LogP contribution < -0.4 is 11.2 Å². The van der Waals surface area contributed by atoms with E-state index in [1.54, 1.807) is 0 Å². The SMILES string of the molecule is O=c1[nH]c(=O)n([C@@H]2C[C@H](O)[C@@H](CO)O2)cc1CCO. The van der Waals surface area contributed by atoms with Gasteiger partial charge in [-0.1, -0.05) is 0 Å². The maximum atomic E-state index is 11.7. The number of aliphatic hydroxyl groups excluding tert-OH is 3. The van der Waals surface area contributed by atoms with Crippen LogP contribution in [0.25, 0.3) is 0 Å². The molecule has 1 aromatic heterocycles. The van der Waals surface area contributed by atoms with Crippen molar-refractivity contribution < 1.29 is 20.1 Å². The first kappa shape index (κ1) is 13.9. The summed E-state index contributed by atoms with van der Waals surface area (Å²) in [5, 5.41) is 27.5. The van der Waals surface area contributed by atoms with Gasteiger partial charge in [-0.15, -0.1) is 0 Å². The zero-order chi connectivity index (χ0) is 14.0. The van der Waals surface area contributed by atoms with E-state index >= 15 is 0 Å². The van der Waals surface area contributed by atoms with E-state index in [9.17, 15) is 14.7 Å². The Hall–Kier alpha value is -1.48. The van der Waals surface area contributed by atoms with E-state index in [1.807, 2.05) is 0 Å². The molecule has 0 saturated carbocycles. The first-order valence-corrected chi connectivity index (χ1v) is 5.96. The summed E-state index contributed by atoms with van der Waals surface area (Å²) in [7, 11) is 0. The lowest BCUT2D eigenvalue weighted by Gasteiger charge is -2.15. The summed E-state index contributed by atoms with van der Waals surface area (Å²) in [4.78, 5) is 25.3. The van der Waals surface area contributed by atoms with E-state index in [0.717, 1.165) is 4.57 Å². The highest BCUT2D eigenvalue weighted by molar-refractivity contribution is 5.05. The van der Waals surface area contributed by atoms with Gasteiger partial charge in [0.2, 0.25) is 0 Å². The van der Waals surface area contributed by atoms with Crippen molar-refractivity contribution in [3.05, 3.63) is 32.6 Å². The van der Waals surface area contributed by atoms with Crippen molar-refractivity contribution in [2.75, 3.05) is 13.2 Å². The molecule has 4 N–H and O–H groups in total. The Morgan fingerprint density at radius 3 is 2.74 bits per heavy atom. The summed E-state index contributed by atoms with van der Waals surface area (Å²) in [6.45, 7) is -0.562. The molecule has 1 aliphatic heterocycles. The molecule has 2 heterocycles. The van der Waals surface area contributed by atoms with Gasteiger partial charge in [-0.3, -0.25) is 14.3 Å². The fraction of sp³-hybridized carbons (Fsp3) is 0.636. The van der Waals surface area contributed by atoms with E-state index in [0.29, 0.717) is 0 Å². The number of rotatable bonds is 4. The fourth-order valence-electron chi connectivity index (χ4n) is 2.09. The number of ether oxygens (including phenoxy) is 1. The van der Waals surface area contributed by atoms with E-state index in [-0.39, 0.29) is 31.6 Å². The Balaban J connectivity index is 2.33. The molecule has 106 valence electrons. The zero-order valence-electron chi connectivity index (χ0n) is 10.2. The first-order chi connectivity index (χ1) is 9.06. The second-order valence-electron chi connectivity index (χ2n) is 4.41. The Morgan fingerprint density at radius 2 is 2.16 bits per heavy atom. The number of H-pyrrole nitrogens is 1. The van der Waals surface area contributed by atoms with Crippen LogP contribution in [0.2, 0.25) is 0 Å². The highest BCUT2D eigenvalue weighted by Gasteiger charge is 2.35. The summed E-state index contributed by atoms with van der Waals surface area (Å²) in [5.41, 5.74) is -0.942. The third-order valence-electron chi connectivity index (χ3n) is 3.12. The lowest BCUT2D eigenvalue weighted by molar-refractivity contribution is -0.0460. The van der Waals surface area contributed by atoms with Crippen LogP contribution in [-0.2, 0) is 11.2 Å². The average Bonchev–Trinajstić information content (AvgIpc) is 2.74. The van der Waals surface area contributed by atoms with Crippen LogP contribution in [0.15, 0.2) is 15.8 Å². The van der Waals surface area contributed by atoms with Crippen molar-refractivity contribution in [1.82, 2.24) is 9.55 Å². The predicted octanol–water partition coefficient (Wildman–Crippen LogP) is -2.29. The number of aromatic nitrogens is 2. The molecule has 1 aromatic rings. The standard InChI is InChI=1S/C11H16N2O6/c14-2-1-6-4-13(11(18)12-10(6)17)9-3-7(16)8(5-15)19-9/h4,7-9,14-16H,1-3,5H2,(H,12,17,18)/t7-,8+,9-/m0/s1. The average molecular weight is 272 g/mol. The van der Waals surface area contributed by atoms with Gasteiger partial charge in [-0.05, 0) is 0 Å². The molecular formula is C11H16N2O6. The molecule has 2 rings (SSSR count). The number of aliphatic hydroxyl groups is 3. The van der Waals surface area contributed by atoms with Gasteiger partial charge in [0, 0.05) is 31.2 Å². The molecule has 3 atom stereocenters. The lowest BCUT2D eigenvalue weighted by Crippen LogP contribution is -2.34. The van der Waals surface area contributed by atoms with Crippen LogP contribution in [0.3, 0.4) is 0 Å². The molecule has 0 spiro atoms. The lowest BCUT2D eigenvalue weighted by atomic mass is 10.2. The monoisotopic (exact) mass is 272 g/mol. The smallest absolute Gasteiger partial charge is 0.330 e. The van der Waals surface area contributed by atoms with Crippen molar-refractivity contribution >= 4 is 0 Å². The molecule has 1 saturated heterocycles. The summed E-state index contributed by atoms with van der Waals surface area (Å²) in [6.07, 6.45) is -0.771. The molecule has 0 unspecified atom stereocenters. The van der Waals surface area contributed by atoms with Gasteiger partial charge in [0.15, 0.2) is 0 Å². The second-order valence-corrected chi connectivity index (χ2v) is 4.41. The van der Waals surface area contributed by atoms with Gasteiger partial charge in [0.1, 0.15) is 12.3 Å². The first-order valence-electron chi connectivity index (χ1n) is 5.96. The highest BCUT2D eigenvalue weighted by Crippen LogP contribution is 2.27. The van der Waals surface area contributed by atoms with Gasteiger partial charge < -0.3 is 20.1 Å². The molecule has 0 aliphatic carbocycles. The van der Waals surface area contributed by atoms with Crippen LogP contribution in [0, 0.1) is 0 Å². The molecule has 0 aromatic carbocycles. The number of hydrogen-bond acceptors (Lipinski definition) is 6. The molecule has 8 nitrogen and oxygen atoms in total. The van der Waals surface area contributed by atoms with E-state index < -0.39 is 29.7 Å². The third kappa shape index (κ3) is 2.76. The van der Waals surface area contributed by atoms with Crippen molar-refractivity contribution in [2.45, 2.75) is 31.3 Å². The summed E-state index contributed by atoms with van der Waals surface area (Å²) in [5.74, 6) is 0. The van der Waals surface area contributed by atoms with Crippen molar-refractivity contribution in [3.8, 4) is 0 Å². The minimum Gasteiger partial charge on any atom is -0.396 e. The van der Waals surface area contributed by atoms with Crippen molar-refractivity contribution in [3.63, 3.8) is 0 Å². The van der Waals surface area contributed by atoms with Crippen molar-refractivity contribution in [1.29, 1.82) is 0 Å². The largest absolute Gasteiger partial charge is 0.396 e. The molecule has 1 aliphatic rings. The van der Waals surface area contributed by atoms with Gasteiger partial charge >= 0.3 is 5.69 Å². The highest BCUT2D eigenvalue weighted by atomic mass is 16.5. The normalized spacial score (nSPS) is 26.8. The summed E-state index contributed by atoms with van der Waals surface area (Å²) in [6, 6.07) is 0. The van der Waals surface area contributed by atoms with Gasteiger partial charge in [-0.25, -0.2) is 4.79 Å². The number of nitrogens with one attached hydrogen (secondary N) is 1. The van der Waals surface area contributed by atoms with Gasteiger partial charge in [0.05, 0.1) is 12.7 Å². The second kappa shape index (κ2) is 5.66. The topological polar surface area (TPSA) is 125 Å². The molecule has 8 heteroatoms. The molecule has 0 amide bonds. The minimum absolute atomic E-state index is 0.119. The molecule has 0 bridgehead atoms. The Kier molecular flexibility index (Phi) is 4.15. The maximum absolute atomic E-state index is 11.7. The zero-order valence-corrected chi connectivity index (χ0v) is 10.2. The van der Waals surface area contributed by atoms with Crippen LogP contribution >= 0.6 is 0 Å². The fourth-order valence-corrected chi connectivity index (χ4v) is 2.09. The predicted molar refractivity (Wildman–Crippen MR) is 63.7 cm³/mol. The molecule has 19 heavy (non-hydrogen) atoms. The van der Waals surface area contributed by atoms with Gasteiger partial charge in [0.25, 0.3) is 5.56 Å². The molecular weight excluding hydrogens is 256 g/mol. The Bertz CT molecular complexity index is 551. The van der Waals surface area contributed by atoms with E-state index in [4.69, 9.17) is 14.9 Å². The van der Waals surface area contributed by atoms with Gasteiger partial charge in [-0.2, -0.15) is 0 Å². The number of hydrogen-bond donors (Lipinski definition) is 4. The quantitative estimate of drug-likeness (QED) is 0.489. The van der Waals surface area contributed by atoms with Crippen molar-refractivity contribution in [2.24, 2.45) is 0 Å². The van der Waals surface area contributed by atoms with Crippen LogP contribution in [0.1, 0.15) is 18.2 Å². The Labute approximate surface area is 107 Å². The molecule has 0 radical (unpaired) electrons. The Morgan fingerprint density at radius 1 is 1.42 bits per heavy atom. The van der Waals surface area contributed by atoms with Crippen LogP contribution in [0.4, 0.5) is 0 Å². The summed E-state index contributed by atoms with van der Waals surface area (Å²) < 4.78 is 6.50. The van der Waals surface area contributed by atoms with E-state index in [1.165, 1.54) is 6.20 Å². The van der Waals surface area contributed by atoms with E-state index in [2.05, 4.69) is 4.98 Å². The number of nitrogens with zero attached hydrogens (tertiary/aromatic N) is 1. The molecule has 1 fully saturated rings. The minimum atomic E-state index is -0.866. The summed E-state index contributed by atoms with van der Waals surface area (Å²) >= 11 is 0. The number of aromatic amines is 1. The van der Waals surface area contributed by atoms with Crippen LogP contribution in [0.5, 0.6) is 0 Å². The maximum Gasteiger partial charge on any atom is 0.330 e.